The average Bonchev–Trinajstić information content (AvgIpc) is 2.49. The molecule has 0 saturated carbocycles. The Hall–Kier alpha value is -0.730. The van der Waals surface area contributed by atoms with Crippen LogP contribution < -0.4 is 5.73 Å². The molecule has 1 aromatic carbocycles. The number of amides is 1. The molecule has 1 atom stereocenters. The minimum Gasteiger partial charge on any atom is -0.398 e. The number of carbonyl (C=O) groups is 1. The number of thioether (sulfide) groups is 1. The van der Waals surface area contributed by atoms with Crippen molar-refractivity contribution < 1.29 is 13.2 Å². The lowest BCUT2D eigenvalue weighted by atomic mass is 10.1. The summed E-state index contributed by atoms with van der Waals surface area (Å²) >= 11 is 4.84. The molecule has 0 aliphatic carbocycles. The first-order chi connectivity index (χ1) is 9.86. The van der Waals surface area contributed by atoms with Crippen molar-refractivity contribution in [3.8, 4) is 0 Å². The first-order valence-corrected chi connectivity index (χ1v) is 10.2. The van der Waals surface area contributed by atoms with Gasteiger partial charge in [0.25, 0.3) is 5.91 Å². The van der Waals surface area contributed by atoms with E-state index in [9.17, 15) is 13.2 Å². The Labute approximate surface area is 137 Å². The molecule has 1 aliphatic rings. The Morgan fingerprint density at radius 3 is 2.86 bits per heavy atom. The fourth-order valence-electron chi connectivity index (χ4n) is 2.15. The Balaban J connectivity index is 2.33. The molecule has 1 amide bonds. The van der Waals surface area contributed by atoms with Crippen LogP contribution in [0.2, 0.25) is 0 Å². The number of carbonyl (C=O) groups excluding carboxylic acids is 1. The third-order valence-electron chi connectivity index (χ3n) is 3.41. The Kier molecular flexibility index (Phi) is 5.21. The molecule has 2 rings (SSSR count). The van der Waals surface area contributed by atoms with Crippen molar-refractivity contribution in [2.75, 3.05) is 29.5 Å². The van der Waals surface area contributed by atoms with Crippen LogP contribution in [-0.4, -0.2) is 48.4 Å². The van der Waals surface area contributed by atoms with E-state index in [1.807, 2.05) is 0 Å². The number of benzene rings is 1. The van der Waals surface area contributed by atoms with Gasteiger partial charge in [-0.1, -0.05) is 6.92 Å². The van der Waals surface area contributed by atoms with Gasteiger partial charge in [-0.15, -0.1) is 0 Å². The lowest BCUT2D eigenvalue weighted by molar-refractivity contribution is 0.0749. The van der Waals surface area contributed by atoms with Gasteiger partial charge in [0.05, 0.1) is 0 Å². The normalized spacial score (nSPS) is 19.5. The zero-order chi connectivity index (χ0) is 15.6. The van der Waals surface area contributed by atoms with E-state index in [-0.39, 0.29) is 11.7 Å². The van der Waals surface area contributed by atoms with Gasteiger partial charge in [0.1, 0.15) is 5.37 Å². The maximum absolute atomic E-state index is 12.6. The largest absolute Gasteiger partial charge is 0.398 e. The molecule has 0 bridgehead atoms. The summed E-state index contributed by atoms with van der Waals surface area (Å²) in [7, 11) is -3.30. The van der Waals surface area contributed by atoms with Crippen LogP contribution in [0.3, 0.4) is 0 Å². The van der Waals surface area contributed by atoms with Crippen LogP contribution in [0.5, 0.6) is 0 Å². The summed E-state index contributed by atoms with van der Waals surface area (Å²) in [4.78, 5) is 14.1. The summed E-state index contributed by atoms with van der Waals surface area (Å²) in [5.74, 6) is 0.919. The third kappa shape index (κ3) is 3.54. The first-order valence-electron chi connectivity index (χ1n) is 6.52. The van der Waals surface area contributed by atoms with Crippen molar-refractivity contribution in [1.29, 1.82) is 0 Å². The Bertz CT molecular complexity index is 649. The molecule has 116 valence electrons. The van der Waals surface area contributed by atoms with Gasteiger partial charge in [0.2, 0.25) is 0 Å². The maximum atomic E-state index is 12.6. The van der Waals surface area contributed by atoms with Crippen LogP contribution >= 0.6 is 27.7 Å². The summed E-state index contributed by atoms with van der Waals surface area (Å²) in [6.45, 7) is 2.04. The zero-order valence-corrected chi connectivity index (χ0v) is 14.8. The van der Waals surface area contributed by atoms with Crippen molar-refractivity contribution in [3.05, 3.63) is 28.2 Å². The molecule has 8 heteroatoms. The minimum atomic E-state index is -3.30. The fraction of sp³-hybridized carbons (Fsp3) is 0.462. The Morgan fingerprint density at radius 1 is 1.52 bits per heavy atom. The van der Waals surface area contributed by atoms with Crippen molar-refractivity contribution >= 4 is 49.1 Å². The smallest absolute Gasteiger partial charge is 0.255 e. The molecule has 1 heterocycles. The topological polar surface area (TPSA) is 80.5 Å². The summed E-state index contributed by atoms with van der Waals surface area (Å²) < 4.78 is 25.1. The second-order valence-electron chi connectivity index (χ2n) is 4.72. The molecule has 2 N–H and O–H groups in total. The Morgan fingerprint density at radius 2 is 2.24 bits per heavy atom. The first kappa shape index (κ1) is 16.6. The second-order valence-corrected chi connectivity index (χ2v) is 9.17. The lowest BCUT2D eigenvalue weighted by Gasteiger charge is -2.34. The quantitative estimate of drug-likeness (QED) is 0.795. The van der Waals surface area contributed by atoms with Crippen LogP contribution in [0, 0.1) is 0 Å². The van der Waals surface area contributed by atoms with Crippen LogP contribution in [0.15, 0.2) is 22.7 Å². The molecular weight excluding hydrogens is 376 g/mol. The minimum absolute atomic E-state index is 0.0322. The number of rotatable bonds is 3. The number of halogens is 1. The van der Waals surface area contributed by atoms with E-state index in [2.05, 4.69) is 15.9 Å². The van der Waals surface area contributed by atoms with Crippen LogP contribution in [0.1, 0.15) is 17.3 Å². The van der Waals surface area contributed by atoms with E-state index in [0.717, 1.165) is 5.75 Å². The van der Waals surface area contributed by atoms with Gasteiger partial charge in [0, 0.05) is 39.5 Å². The molecule has 0 radical (unpaired) electrons. The van der Waals surface area contributed by atoms with E-state index in [1.165, 1.54) is 4.90 Å². The van der Waals surface area contributed by atoms with Crippen LogP contribution in [0.25, 0.3) is 0 Å². The number of nitrogens with zero attached hydrogens (tertiary/aromatic N) is 1. The van der Waals surface area contributed by atoms with Crippen molar-refractivity contribution in [1.82, 2.24) is 4.90 Å². The van der Waals surface area contributed by atoms with E-state index in [1.54, 1.807) is 36.9 Å². The predicted octanol–water partition coefficient (Wildman–Crippen LogP) is 1.98. The van der Waals surface area contributed by atoms with Gasteiger partial charge in [-0.3, -0.25) is 4.79 Å². The van der Waals surface area contributed by atoms with Crippen LogP contribution in [0.4, 0.5) is 5.69 Å². The van der Waals surface area contributed by atoms with Gasteiger partial charge >= 0.3 is 0 Å². The monoisotopic (exact) mass is 392 g/mol. The van der Waals surface area contributed by atoms with Gasteiger partial charge in [-0.25, -0.2) is 8.42 Å². The predicted molar refractivity (Wildman–Crippen MR) is 90.2 cm³/mol. The molecule has 1 aromatic rings. The molecule has 1 unspecified atom stereocenters. The highest BCUT2D eigenvalue weighted by Gasteiger charge is 2.36. The highest BCUT2D eigenvalue weighted by molar-refractivity contribution is 9.10. The lowest BCUT2D eigenvalue weighted by Crippen LogP contribution is -2.50. The summed E-state index contributed by atoms with van der Waals surface area (Å²) in [6.07, 6.45) is 0. The molecule has 5 nitrogen and oxygen atoms in total. The van der Waals surface area contributed by atoms with Gasteiger partial charge < -0.3 is 10.6 Å². The van der Waals surface area contributed by atoms with E-state index >= 15 is 0 Å². The standard InChI is InChI=1S/C13H17BrN2O3S2/c1-2-21(18,19)12-8-20-6-5-16(12)13(17)9-3-4-10(14)11(15)7-9/h3-4,7,12H,2,5-6,8,15H2,1H3. The second kappa shape index (κ2) is 6.58. The average molecular weight is 393 g/mol. The number of hydrogen-bond donors (Lipinski definition) is 1. The van der Waals surface area contributed by atoms with Gasteiger partial charge in [-0.05, 0) is 34.1 Å². The van der Waals surface area contributed by atoms with Crippen LogP contribution in [-0.2, 0) is 9.84 Å². The molecule has 1 saturated heterocycles. The van der Waals surface area contributed by atoms with E-state index in [0.29, 0.717) is 28.0 Å². The SMILES string of the molecule is CCS(=O)(=O)C1CSCCN1C(=O)c1ccc(Br)c(N)c1. The third-order valence-corrected chi connectivity index (χ3v) is 7.42. The molecular formula is C13H17BrN2O3S2. The summed E-state index contributed by atoms with van der Waals surface area (Å²) in [5.41, 5.74) is 6.67. The summed E-state index contributed by atoms with van der Waals surface area (Å²) in [6, 6.07) is 4.93. The molecule has 0 aromatic heterocycles. The number of hydrogen-bond acceptors (Lipinski definition) is 5. The van der Waals surface area contributed by atoms with E-state index in [4.69, 9.17) is 5.73 Å². The van der Waals surface area contributed by atoms with Crippen molar-refractivity contribution in [2.45, 2.75) is 12.3 Å². The molecule has 21 heavy (non-hydrogen) atoms. The molecule has 1 aliphatic heterocycles. The van der Waals surface area contributed by atoms with Crippen molar-refractivity contribution in [3.63, 3.8) is 0 Å². The zero-order valence-electron chi connectivity index (χ0n) is 11.6. The number of nitrogens with two attached hydrogens (primary N) is 1. The van der Waals surface area contributed by atoms with Crippen molar-refractivity contribution in [2.24, 2.45) is 0 Å². The highest BCUT2D eigenvalue weighted by Crippen LogP contribution is 2.26. The molecule has 1 fully saturated rings. The highest BCUT2D eigenvalue weighted by atomic mass is 79.9. The summed E-state index contributed by atoms with van der Waals surface area (Å²) in [5, 5.41) is -0.751. The van der Waals surface area contributed by atoms with E-state index < -0.39 is 15.2 Å². The number of nitrogen functional groups attached to an aromatic ring is 1. The van der Waals surface area contributed by atoms with Gasteiger partial charge in [0.15, 0.2) is 9.84 Å². The maximum Gasteiger partial charge on any atom is 0.255 e. The van der Waals surface area contributed by atoms with Gasteiger partial charge in [-0.2, -0.15) is 11.8 Å². The number of anilines is 1. The number of sulfone groups is 1. The molecule has 0 spiro atoms. The fourth-order valence-corrected chi connectivity index (χ4v) is 5.36.